The number of nitrogens with zero attached hydrogens (tertiary/aromatic N) is 3. The Bertz CT molecular complexity index is 1750. The Kier molecular flexibility index (Phi) is 10.8. The summed E-state index contributed by atoms with van der Waals surface area (Å²) in [6.07, 6.45) is 10.7. The van der Waals surface area contributed by atoms with Gasteiger partial charge in [-0.3, -0.25) is 14.5 Å². The number of carbonyl (C=O) groups is 3. The first-order valence-electron chi connectivity index (χ1n) is 19.2. The van der Waals surface area contributed by atoms with Gasteiger partial charge < -0.3 is 24.4 Å². The average Bonchev–Trinajstić information content (AvgIpc) is 3.74. The second-order valence-corrected chi connectivity index (χ2v) is 14.9. The molecule has 52 heavy (non-hydrogen) atoms. The van der Waals surface area contributed by atoms with Gasteiger partial charge in [0.25, 0.3) is 0 Å². The Hall–Kier alpha value is -4.44. The molecule has 5 atom stereocenters. The Morgan fingerprint density at radius 1 is 1.02 bits per heavy atom. The van der Waals surface area contributed by atoms with Gasteiger partial charge in [0.05, 0.1) is 37.5 Å². The molecule has 0 bridgehead atoms. The van der Waals surface area contributed by atoms with Crippen LogP contribution in [-0.2, 0) is 19.1 Å². The lowest BCUT2D eigenvalue weighted by Gasteiger charge is -2.42. The van der Waals surface area contributed by atoms with Crippen LogP contribution in [0.15, 0.2) is 67.3 Å². The van der Waals surface area contributed by atoms with Gasteiger partial charge >= 0.3 is 5.97 Å². The molecule has 2 amide bonds. The first kappa shape index (κ1) is 35.9. The van der Waals surface area contributed by atoms with Gasteiger partial charge in [-0.2, -0.15) is 0 Å². The number of ether oxygens (including phenoxy) is 3. The fraction of sp³-hybridized carbons (Fsp3) is 0.524. The molecule has 2 saturated carbocycles. The van der Waals surface area contributed by atoms with E-state index in [1.54, 1.807) is 25.0 Å². The predicted octanol–water partition coefficient (Wildman–Crippen LogP) is 6.32. The normalized spacial score (nSPS) is 25.7. The molecule has 1 aromatic heterocycles. The molecule has 2 aliphatic carbocycles. The zero-order valence-electron chi connectivity index (χ0n) is 30.6. The van der Waals surface area contributed by atoms with Crippen molar-refractivity contribution in [2.24, 2.45) is 11.8 Å². The highest BCUT2D eigenvalue weighted by Crippen LogP contribution is 2.46. The average molecular weight is 709 g/mol. The molecule has 2 aliphatic heterocycles. The van der Waals surface area contributed by atoms with Crippen molar-refractivity contribution in [3.8, 4) is 22.8 Å². The molecule has 1 N–H and O–H groups in total. The quantitative estimate of drug-likeness (QED) is 0.172. The third kappa shape index (κ3) is 7.27. The molecule has 3 heterocycles. The molecule has 276 valence electrons. The molecule has 2 saturated heterocycles. The molecule has 2 unspecified atom stereocenters. The number of carbonyl (C=O) groups excluding carboxylic acids is 3. The van der Waals surface area contributed by atoms with E-state index < -0.39 is 23.7 Å². The van der Waals surface area contributed by atoms with Crippen molar-refractivity contribution < 1.29 is 28.6 Å². The summed E-state index contributed by atoms with van der Waals surface area (Å²) in [4.78, 5) is 51.8. The number of aromatic nitrogens is 1. The van der Waals surface area contributed by atoms with E-state index in [2.05, 4.69) is 16.8 Å². The van der Waals surface area contributed by atoms with E-state index in [0.717, 1.165) is 73.8 Å². The van der Waals surface area contributed by atoms with E-state index >= 15 is 4.79 Å². The summed E-state index contributed by atoms with van der Waals surface area (Å²) < 4.78 is 17.8. The summed E-state index contributed by atoms with van der Waals surface area (Å²) in [5.74, 6) is 0.510. The number of rotatable bonds is 12. The predicted molar refractivity (Wildman–Crippen MR) is 200 cm³/mol. The summed E-state index contributed by atoms with van der Waals surface area (Å²) in [5.41, 5.74) is 1.25. The Labute approximate surface area is 306 Å². The Balaban J connectivity index is 1.23. The fourth-order valence-corrected chi connectivity index (χ4v) is 8.75. The number of esters is 1. The zero-order chi connectivity index (χ0) is 36.2. The van der Waals surface area contributed by atoms with E-state index in [1.807, 2.05) is 54.6 Å². The van der Waals surface area contributed by atoms with Crippen LogP contribution in [0.3, 0.4) is 0 Å². The second-order valence-electron chi connectivity index (χ2n) is 14.9. The number of hydrogen-bond acceptors (Lipinski definition) is 8. The van der Waals surface area contributed by atoms with E-state index in [9.17, 15) is 9.59 Å². The standard InChI is InChI=1S/C42H52N4O6/c1-4-30-26-42(30,41(49)51-5-2)44-39(47)36-24-32(27-46(36)40(48)38(29-17-11-7-12-18-29)45-21-13-8-14-22-45)52-37-25-34(28-15-9-6-10-16-28)43-35-23-31(50-3)19-20-33(35)37/h4,6,9-10,15-16,19-20,23,25,29-30,32,36,38H,1,5,7-8,11-14,17-18,21-22,24,26-27H2,2-3H3,(H,44,47)/t30?,32-,36+,38+,42?/m1/s1. The van der Waals surface area contributed by atoms with Crippen molar-refractivity contribution >= 4 is 28.7 Å². The topological polar surface area (TPSA) is 110 Å². The molecule has 4 fully saturated rings. The first-order chi connectivity index (χ1) is 25.3. The van der Waals surface area contributed by atoms with Crippen molar-refractivity contribution in [3.05, 3.63) is 67.3 Å². The third-order valence-electron chi connectivity index (χ3n) is 11.6. The maximum Gasteiger partial charge on any atom is 0.332 e. The molecule has 10 heteroatoms. The number of likely N-dealkylation sites (tertiary alicyclic amines) is 2. The minimum Gasteiger partial charge on any atom is -0.497 e. The summed E-state index contributed by atoms with van der Waals surface area (Å²) in [5, 5.41) is 3.88. The molecule has 4 aliphatic rings. The number of amides is 2. The number of methoxy groups -OCH3 is 1. The van der Waals surface area contributed by atoms with Gasteiger partial charge in [-0.15, -0.1) is 6.58 Å². The molecular formula is C42H52N4O6. The van der Waals surface area contributed by atoms with Crippen LogP contribution in [0, 0.1) is 11.8 Å². The van der Waals surface area contributed by atoms with Gasteiger partial charge in [-0.25, -0.2) is 9.78 Å². The Morgan fingerprint density at radius 2 is 1.77 bits per heavy atom. The summed E-state index contributed by atoms with van der Waals surface area (Å²) in [7, 11) is 1.63. The Morgan fingerprint density at radius 3 is 2.46 bits per heavy atom. The number of pyridine rings is 1. The van der Waals surface area contributed by atoms with Crippen molar-refractivity contribution in [3.63, 3.8) is 0 Å². The van der Waals surface area contributed by atoms with Gasteiger partial charge in [-0.05, 0) is 70.2 Å². The van der Waals surface area contributed by atoms with Gasteiger partial charge in [0.15, 0.2) is 0 Å². The van der Waals surface area contributed by atoms with Crippen LogP contribution in [0.25, 0.3) is 22.2 Å². The summed E-state index contributed by atoms with van der Waals surface area (Å²) in [6.45, 7) is 7.89. The number of hydrogen-bond donors (Lipinski definition) is 1. The highest BCUT2D eigenvalue weighted by Gasteiger charge is 2.62. The van der Waals surface area contributed by atoms with E-state index in [0.29, 0.717) is 17.9 Å². The van der Waals surface area contributed by atoms with Crippen LogP contribution in [0.2, 0.25) is 0 Å². The molecule has 10 nitrogen and oxygen atoms in total. The van der Waals surface area contributed by atoms with Crippen LogP contribution in [-0.4, -0.2) is 89.6 Å². The largest absolute Gasteiger partial charge is 0.497 e. The van der Waals surface area contributed by atoms with Crippen molar-refractivity contribution in [2.75, 3.05) is 33.4 Å². The monoisotopic (exact) mass is 708 g/mol. The molecule has 0 spiro atoms. The summed E-state index contributed by atoms with van der Waals surface area (Å²) >= 11 is 0. The minimum atomic E-state index is -1.16. The maximum atomic E-state index is 15.0. The number of nitrogens with one attached hydrogen (secondary N) is 1. The molecule has 0 radical (unpaired) electrons. The van der Waals surface area contributed by atoms with Gasteiger partial charge in [-0.1, -0.05) is 62.1 Å². The highest BCUT2D eigenvalue weighted by molar-refractivity contribution is 5.96. The lowest BCUT2D eigenvalue weighted by atomic mass is 9.82. The first-order valence-corrected chi connectivity index (χ1v) is 19.2. The van der Waals surface area contributed by atoms with Gasteiger partial charge in [0.2, 0.25) is 11.8 Å². The lowest BCUT2D eigenvalue weighted by molar-refractivity contribution is -0.151. The van der Waals surface area contributed by atoms with Crippen LogP contribution < -0.4 is 14.8 Å². The fourth-order valence-electron chi connectivity index (χ4n) is 8.75. The van der Waals surface area contributed by atoms with Gasteiger partial charge in [0.1, 0.15) is 29.2 Å². The second kappa shape index (κ2) is 15.7. The van der Waals surface area contributed by atoms with Crippen LogP contribution in [0.5, 0.6) is 11.5 Å². The SMILES string of the molecule is C=CC1CC1(NC(=O)[C@@H]1C[C@@H](Oc2cc(-c3ccccc3)nc3cc(OC)ccc23)CN1C(=O)[C@H](C1CCCCC1)N1CCCCC1)C(=O)OCC. The number of fused-ring (bicyclic) bond motifs is 1. The van der Waals surface area contributed by atoms with Gasteiger partial charge in [0, 0.05) is 35.4 Å². The van der Waals surface area contributed by atoms with Crippen molar-refractivity contribution in [1.82, 2.24) is 20.1 Å². The lowest BCUT2D eigenvalue weighted by Crippen LogP contribution is -2.58. The van der Waals surface area contributed by atoms with Crippen LogP contribution in [0.4, 0.5) is 0 Å². The smallest absolute Gasteiger partial charge is 0.332 e. The maximum absolute atomic E-state index is 15.0. The zero-order valence-corrected chi connectivity index (χ0v) is 30.6. The molecule has 2 aromatic carbocycles. The van der Waals surface area contributed by atoms with E-state index in [4.69, 9.17) is 19.2 Å². The van der Waals surface area contributed by atoms with Crippen molar-refractivity contribution in [2.45, 2.75) is 94.9 Å². The molecular weight excluding hydrogens is 656 g/mol. The van der Waals surface area contributed by atoms with Crippen LogP contribution >= 0.6 is 0 Å². The van der Waals surface area contributed by atoms with Crippen molar-refractivity contribution in [1.29, 1.82) is 0 Å². The van der Waals surface area contributed by atoms with Crippen LogP contribution in [0.1, 0.15) is 71.1 Å². The molecule has 3 aromatic rings. The third-order valence-corrected chi connectivity index (χ3v) is 11.6. The van der Waals surface area contributed by atoms with E-state index in [1.165, 1.54) is 12.8 Å². The minimum absolute atomic E-state index is 0.00407. The van der Waals surface area contributed by atoms with E-state index in [-0.39, 0.29) is 49.3 Å². The highest BCUT2D eigenvalue weighted by atomic mass is 16.5. The number of benzene rings is 2. The summed E-state index contributed by atoms with van der Waals surface area (Å²) in [6, 6.07) is 16.5. The number of piperidine rings is 1. The molecule has 7 rings (SSSR count).